The van der Waals surface area contributed by atoms with E-state index in [1.165, 1.54) is 31.2 Å². The van der Waals surface area contributed by atoms with E-state index in [9.17, 15) is 0 Å². The van der Waals surface area contributed by atoms with Crippen LogP contribution in [0.2, 0.25) is 0 Å². The monoisotopic (exact) mass is 349 g/mol. The number of aromatic amines is 1. The second kappa shape index (κ2) is 7.12. The van der Waals surface area contributed by atoms with Crippen molar-refractivity contribution in [2.75, 3.05) is 0 Å². The molecular formula is C22H27N3O. The van der Waals surface area contributed by atoms with Gasteiger partial charge in [0.05, 0.1) is 17.4 Å². The molecule has 0 radical (unpaired) electrons. The summed E-state index contributed by atoms with van der Waals surface area (Å²) in [6, 6.07) is 14.9. The molecule has 3 aromatic rings. The van der Waals surface area contributed by atoms with Crippen LogP contribution in [0.1, 0.15) is 45.1 Å². The number of aromatic nitrogens is 2. The van der Waals surface area contributed by atoms with E-state index in [1.807, 2.05) is 30.3 Å². The minimum Gasteiger partial charge on any atom is -0.457 e. The summed E-state index contributed by atoms with van der Waals surface area (Å²) in [4.78, 5) is 7.34. The first-order chi connectivity index (χ1) is 12.6. The Morgan fingerprint density at radius 3 is 2.77 bits per heavy atom. The molecular weight excluding hydrogens is 322 g/mol. The Bertz CT molecular complexity index is 866. The van der Waals surface area contributed by atoms with E-state index in [2.05, 4.69) is 41.3 Å². The average molecular weight is 349 g/mol. The van der Waals surface area contributed by atoms with Crippen LogP contribution in [0.5, 0.6) is 11.5 Å². The van der Waals surface area contributed by atoms with Gasteiger partial charge >= 0.3 is 0 Å². The van der Waals surface area contributed by atoms with E-state index in [4.69, 9.17) is 4.74 Å². The van der Waals surface area contributed by atoms with Crippen molar-refractivity contribution in [2.45, 2.75) is 52.1 Å². The maximum Gasteiger partial charge on any atom is 0.129 e. The van der Waals surface area contributed by atoms with Crippen molar-refractivity contribution in [3.63, 3.8) is 0 Å². The van der Waals surface area contributed by atoms with Gasteiger partial charge in [-0.25, -0.2) is 4.98 Å². The molecule has 2 aromatic carbocycles. The van der Waals surface area contributed by atoms with Gasteiger partial charge in [0, 0.05) is 18.7 Å². The van der Waals surface area contributed by atoms with Gasteiger partial charge in [-0.15, -0.1) is 0 Å². The number of fused-ring (bicyclic) bond motifs is 1. The smallest absolute Gasteiger partial charge is 0.129 e. The van der Waals surface area contributed by atoms with E-state index in [0.29, 0.717) is 11.5 Å². The molecule has 1 atom stereocenters. The molecule has 0 saturated heterocycles. The molecule has 4 rings (SSSR count). The lowest BCUT2D eigenvalue weighted by molar-refractivity contribution is 0.198. The molecule has 0 bridgehead atoms. The Morgan fingerprint density at radius 2 is 1.96 bits per heavy atom. The lowest BCUT2D eigenvalue weighted by atomic mass is 9.75. The molecule has 26 heavy (non-hydrogen) atoms. The lowest BCUT2D eigenvalue weighted by Gasteiger charge is -2.35. The van der Waals surface area contributed by atoms with E-state index >= 15 is 0 Å². The van der Waals surface area contributed by atoms with Gasteiger partial charge in [-0.2, -0.15) is 0 Å². The van der Waals surface area contributed by atoms with Crippen molar-refractivity contribution < 1.29 is 4.74 Å². The summed E-state index contributed by atoms with van der Waals surface area (Å²) in [7, 11) is 0. The number of hydrogen-bond donors (Lipinski definition) is 2. The number of nitrogens with zero attached hydrogens (tertiary/aromatic N) is 1. The highest BCUT2D eigenvalue weighted by molar-refractivity contribution is 5.76. The zero-order valence-corrected chi connectivity index (χ0v) is 15.6. The van der Waals surface area contributed by atoms with E-state index in [1.54, 1.807) is 6.33 Å². The van der Waals surface area contributed by atoms with Crippen LogP contribution in [0.4, 0.5) is 0 Å². The summed E-state index contributed by atoms with van der Waals surface area (Å²) < 4.78 is 5.96. The van der Waals surface area contributed by atoms with Gasteiger partial charge in [0.25, 0.3) is 0 Å². The summed E-state index contributed by atoms with van der Waals surface area (Å²) in [5.74, 6) is 1.67. The first kappa shape index (κ1) is 17.1. The van der Waals surface area contributed by atoms with Gasteiger partial charge < -0.3 is 15.0 Å². The SMILES string of the molecule is CC1(C)CCCC(NCc2ccc(Oc3ccc4nc[nH]c4c3)cc2)C1. The van der Waals surface area contributed by atoms with Crippen LogP contribution in [0.3, 0.4) is 0 Å². The van der Waals surface area contributed by atoms with Crippen LogP contribution in [0, 0.1) is 5.41 Å². The maximum atomic E-state index is 5.96. The van der Waals surface area contributed by atoms with Gasteiger partial charge in [-0.05, 0) is 54.5 Å². The van der Waals surface area contributed by atoms with Gasteiger partial charge in [0.2, 0.25) is 0 Å². The molecule has 1 heterocycles. The number of nitrogens with one attached hydrogen (secondary N) is 2. The van der Waals surface area contributed by atoms with Gasteiger partial charge in [0.15, 0.2) is 0 Å². The van der Waals surface area contributed by atoms with Crippen LogP contribution in [-0.2, 0) is 6.54 Å². The molecule has 136 valence electrons. The number of imidazole rings is 1. The predicted octanol–water partition coefficient (Wildman–Crippen LogP) is 5.41. The molecule has 4 heteroatoms. The zero-order valence-electron chi connectivity index (χ0n) is 15.6. The van der Waals surface area contributed by atoms with E-state index in [-0.39, 0.29) is 0 Å². The first-order valence-electron chi connectivity index (χ1n) is 9.51. The van der Waals surface area contributed by atoms with Crippen LogP contribution in [-0.4, -0.2) is 16.0 Å². The van der Waals surface area contributed by atoms with Gasteiger partial charge in [-0.3, -0.25) is 0 Å². The van der Waals surface area contributed by atoms with Crippen molar-refractivity contribution >= 4 is 11.0 Å². The van der Waals surface area contributed by atoms with Crippen LogP contribution < -0.4 is 10.1 Å². The Labute approximate surface area is 155 Å². The summed E-state index contributed by atoms with van der Waals surface area (Å²) in [5.41, 5.74) is 3.71. The highest BCUT2D eigenvalue weighted by Gasteiger charge is 2.27. The van der Waals surface area contributed by atoms with Crippen LogP contribution in [0.15, 0.2) is 48.8 Å². The molecule has 1 unspecified atom stereocenters. The van der Waals surface area contributed by atoms with Gasteiger partial charge in [-0.1, -0.05) is 32.4 Å². The minimum atomic E-state index is 0.476. The molecule has 4 nitrogen and oxygen atoms in total. The lowest BCUT2D eigenvalue weighted by Crippen LogP contribution is -2.36. The van der Waals surface area contributed by atoms with E-state index < -0.39 is 0 Å². The third kappa shape index (κ3) is 4.07. The number of rotatable bonds is 5. The average Bonchev–Trinajstić information content (AvgIpc) is 3.08. The molecule has 1 aliphatic rings. The quantitative estimate of drug-likeness (QED) is 0.647. The van der Waals surface area contributed by atoms with E-state index in [0.717, 1.165) is 29.1 Å². The maximum absolute atomic E-state index is 5.96. The predicted molar refractivity (Wildman–Crippen MR) is 105 cm³/mol. The first-order valence-corrected chi connectivity index (χ1v) is 9.51. The minimum absolute atomic E-state index is 0.476. The van der Waals surface area contributed by atoms with Crippen LogP contribution in [0.25, 0.3) is 11.0 Å². The largest absolute Gasteiger partial charge is 0.457 e. The fourth-order valence-corrected chi connectivity index (χ4v) is 3.92. The topological polar surface area (TPSA) is 49.9 Å². The van der Waals surface area contributed by atoms with Gasteiger partial charge in [0.1, 0.15) is 11.5 Å². The Morgan fingerprint density at radius 1 is 1.15 bits per heavy atom. The van der Waals surface area contributed by atoms with Crippen molar-refractivity contribution in [1.29, 1.82) is 0 Å². The Balaban J connectivity index is 1.34. The number of benzene rings is 2. The van der Waals surface area contributed by atoms with Crippen molar-refractivity contribution in [2.24, 2.45) is 5.41 Å². The standard InChI is InChI=1S/C22H27N3O/c1-22(2)11-3-4-17(13-22)23-14-16-5-7-18(8-6-16)26-19-9-10-20-21(12-19)25-15-24-20/h5-10,12,15,17,23H,3-4,11,13-14H2,1-2H3,(H,24,25). The fourth-order valence-electron chi connectivity index (χ4n) is 3.92. The normalized spacial score (nSPS) is 19.5. The van der Waals surface area contributed by atoms with Crippen LogP contribution >= 0.6 is 0 Å². The number of ether oxygens (including phenoxy) is 1. The second-order valence-electron chi connectivity index (χ2n) is 8.17. The van der Waals surface area contributed by atoms with Crippen molar-refractivity contribution in [1.82, 2.24) is 15.3 Å². The molecule has 1 fully saturated rings. The molecule has 0 amide bonds. The molecule has 0 spiro atoms. The molecule has 2 N–H and O–H groups in total. The summed E-state index contributed by atoms with van der Waals surface area (Å²) in [6.07, 6.45) is 6.94. The third-order valence-electron chi connectivity index (χ3n) is 5.35. The highest BCUT2D eigenvalue weighted by Crippen LogP contribution is 2.35. The highest BCUT2D eigenvalue weighted by atomic mass is 16.5. The summed E-state index contributed by atoms with van der Waals surface area (Å²) in [5, 5.41) is 3.73. The Hall–Kier alpha value is -2.33. The van der Waals surface area contributed by atoms with Crippen molar-refractivity contribution in [3.8, 4) is 11.5 Å². The number of hydrogen-bond acceptors (Lipinski definition) is 3. The fraction of sp³-hybridized carbons (Fsp3) is 0.409. The third-order valence-corrected chi connectivity index (χ3v) is 5.35. The molecule has 1 saturated carbocycles. The Kier molecular flexibility index (Phi) is 4.68. The molecule has 0 aliphatic heterocycles. The molecule has 1 aromatic heterocycles. The summed E-state index contributed by atoms with van der Waals surface area (Å²) >= 11 is 0. The number of H-pyrrole nitrogens is 1. The second-order valence-corrected chi connectivity index (χ2v) is 8.17. The zero-order chi connectivity index (χ0) is 18.0. The van der Waals surface area contributed by atoms with Crippen molar-refractivity contribution in [3.05, 3.63) is 54.4 Å². The molecule has 1 aliphatic carbocycles. The summed E-state index contributed by atoms with van der Waals surface area (Å²) in [6.45, 7) is 5.68.